The summed E-state index contributed by atoms with van der Waals surface area (Å²) in [7, 11) is 0. The van der Waals surface area contributed by atoms with E-state index in [0.717, 1.165) is 5.56 Å². The molecule has 1 unspecified atom stereocenters. The minimum absolute atomic E-state index is 0.102. The average Bonchev–Trinajstić information content (AvgIpc) is 2.73. The fourth-order valence-electron chi connectivity index (χ4n) is 2.83. The number of primary amides is 1. The van der Waals surface area contributed by atoms with E-state index >= 15 is 0 Å². The zero-order valence-electron chi connectivity index (χ0n) is 17.9. The van der Waals surface area contributed by atoms with Crippen LogP contribution in [-0.4, -0.2) is 61.5 Å². The molecule has 9 heteroatoms. The van der Waals surface area contributed by atoms with Crippen LogP contribution in [0.1, 0.15) is 38.2 Å². The van der Waals surface area contributed by atoms with E-state index in [1.807, 2.05) is 12.1 Å². The molecular formula is C22H31N3O6. The van der Waals surface area contributed by atoms with Gasteiger partial charge >= 0.3 is 0 Å². The van der Waals surface area contributed by atoms with Crippen LogP contribution in [0.25, 0.3) is 0 Å². The van der Waals surface area contributed by atoms with E-state index in [4.69, 9.17) is 15.2 Å². The van der Waals surface area contributed by atoms with Gasteiger partial charge in [-0.1, -0.05) is 19.1 Å². The number of nitrogens with zero attached hydrogens (tertiary/aromatic N) is 1. The first-order valence-electron chi connectivity index (χ1n) is 10.5. The lowest BCUT2D eigenvalue weighted by atomic mass is 10.1. The number of nitrogens with one attached hydrogen (secondary N) is 1. The molecule has 0 spiro atoms. The predicted octanol–water partition coefficient (Wildman–Crippen LogP) is 1.25. The summed E-state index contributed by atoms with van der Waals surface area (Å²) < 4.78 is 10.7. The molecule has 1 fully saturated rings. The average molecular weight is 434 g/mol. The van der Waals surface area contributed by atoms with Crippen molar-refractivity contribution in [3.05, 3.63) is 29.8 Å². The molecule has 1 atom stereocenters. The van der Waals surface area contributed by atoms with Crippen LogP contribution in [0, 0.1) is 5.92 Å². The molecule has 3 N–H and O–H groups in total. The summed E-state index contributed by atoms with van der Waals surface area (Å²) in [6.45, 7) is 3.76. The largest absolute Gasteiger partial charge is 0.379 e. The maximum absolute atomic E-state index is 12.0. The van der Waals surface area contributed by atoms with Crippen molar-refractivity contribution in [2.75, 3.05) is 38.3 Å². The Hall–Kier alpha value is -2.78. The maximum Gasteiger partial charge on any atom is 0.230 e. The molecule has 2 rings (SSSR count). The van der Waals surface area contributed by atoms with Gasteiger partial charge in [0.1, 0.15) is 0 Å². The van der Waals surface area contributed by atoms with Crippen LogP contribution in [0.15, 0.2) is 24.3 Å². The number of β-lactam (4-membered cyclic amide) rings is 1. The maximum atomic E-state index is 12.0. The number of hydrogen-bond acceptors (Lipinski definition) is 6. The fraction of sp³-hybridized carbons (Fsp3) is 0.545. The summed E-state index contributed by atoms with van der Waals surface area (Å²) in [5.74, 6) is -0.948. The second-order valence-electron chi connectivity index (χ2n) is 7.50. The third-order valence-electron chi connectivity index (χ3n) is 5.04. The Labute approximate surface area is 182 Å². The van der Waals surface area contributed by atoms with Gasteiger partial charge in [0, 0.05) is 37.6 Å². The minimum atomic E-state index is -0.338. The first kappa shape index (κ1) is 24.5. The summed E-state index contributed by atoms with van der Waals surface area (Å²) in [6, 6.07) is 7.28. The summed E-state index contributed by atoms with van der Waals surface area (Å²) >= 11 is 0. The van der Waals surface area contributed by atoms with E-state index in [1.165, 1.54) is 4.90 Å². The van der Waals surface area contributed by atoms with Crippen LogP contribution in [-0.2, 0) is 35.1 Å². The third-order valence-corrected chi connectivity index (χ3v) is 5.04. The SMILES string of the molecule is CC(CCOCCOCCC(=O)Nc1ccc(CCC(=O)N2CCC2=O)cc1)C(N)=O. The van der Waals surface area contributed by atoms with E-state index in [1.54, 1.807) is 19.1 Å². The van der Waals surface area contributed by atoms with E-state index in [-0.39, 0.29) is 42.6 Å². The molecule has 1 aliphatic rings. The van der Waals surface area contributed by atoms with Crippen molar-refractivity contribution in [1.82, 2.24) is 4.90 Å². The number of ether oxygens (including phenoxy) is 2. The van der Waals surface area contributed by atoms with Gasteiger partial charge in [-0.2, -0.15) is 0 Å². The number of amides is 4. The zero-order valence-corrected chi connectivity index (χ0v) is 17.9. The Morgan fingerprint density at radius 3 is 2.32 bits per heavy atom. The molecule has 9 nitrogen and oxygen atoms in total. The predicted molar refractivity (Wildman–Crippen MR) is 114 cm³/mol. The van der Waals surface area contributed by atoms with Gasteiger partial charge in [-0.3, -0.25) is 24.1 Å². The summed E-state index contributed by atoms with van der Waals surface area (Å²) in [4.78, 5) is 47.3. The number of imide groups is 1. The Morgan fingerprint density at radius 1 is 1.06 bits per heavy atom. The summed E-state index contributed by atoms with van der Waals surface area (Å²) in [5.41, 5.74) is 6.81. The lowest BCUT2D eigenvalue weighted by Gasteiger charge is -2.28. The Bertz CT molecular complexity index is 765. The molecular weight excluding hydrogens is 402 g/mol. The van der Waals surface area contributed by atoms with Gasteiger partial charge in [-0.15, -0.1) is 0 Å². The van der Waals surface area contributed by atoms with Gasteiger partial charge in [-0.25, -0.2) is 0 Å². The molecule has 0 bridgehead atoms. The molecule has 170 valence electrons. The molecule has 1 aromatic carbocycles. The van der Waals surface area contributed by atoms with E-state index < -0.39 is 0 Å². The highest BCUT2D eigenvalue weighted by Crippen LogP contribution is 2.14. The quantitative estimate of drug-likeness (QED) is 0.336. The van der Waals surface area contributed by atoms with Gasteiger partial charge in [0.15, 0.2) is 0 Å². The third kappa shape index (κ3) is 8.85. The second-order valence-corrected chi connectivity index (χ2v) is 7.50. The molecule has 1 aliphatic heterocycles. The Morgan fingerprint density at radius 2 is 1.74 bits per heavy atom. The number of hydrogen-bond donors (Lipinski definition) is 2. The number of carbonyl (C=O) groups excluding carboxylic acids is 4. The van der Waals surface area contributed by atoms with Crippen LogP contribution < -0.4 is 11.1 Å². The summed E-state index contributed by atoms with van der Waals surface area (Å²) in [5, 5.41) is 2.80. The van der Waals surface area contributed by atoms with Gasteiger partial charge < -0.3 is 20.5 Å². The Balaban J connectivity index is 1.53. The van der Waals surface area contributed by atoms with Crippen LogP contribution in [0.4, 0.5) is 5.69 Å². The highest BCUT2D eigenvalue weighted by Gasteiger charge is 2.29. The van der Waals surface area contributed by atoms with Crippen molar-refractivity contribution in [2.24, 2.45) is 11.7 Å². The number of rotatable bonds is 14. The first-order chi connectivity index (χ1) is 14.9. The molecule has 0 saturated carbocycles. The van der Waals surface area contributed by atoms with Gasteiger partial charge in [0.05, 0.1) is 26.2 Å². The molecule has 1 saturated heterocycles. The van der Waals surface area contributed by atoms with Crippen LogP contribution in [0.2, 0.25) is 0 Å². The zero-order chi connectivity index (χ0) is 22.6. The van der Waals surface area contributed by atoms with Gasteiger partial charge in [0.2, 0.25) is 23.6 Å². The molecule has 0 aliphatic carbocycles. The number of nitrogens with two attached hydrogens (primary N) is 1. The van der Waals surface area contributed by atoms with E-state index in [2.05, 4.69) is 5.32 Å². The van der Waals surface area contributed by atoms with Crippen molar-refractivity contribution in [1.29, 1.82) is 0 Å². The van der Waals surface area contributed by atoms with Crippen LogP contribution in [0.5, 0.6) is 0 Å². The molecule has 4 amide bonds. The fourth-order valence-corrected chi connectivity index (χ4v) is 2.83. The molecule has 1 aromatic rings. The highest BCUT2D eigenvalue weighted by molar-refractivity contribution is 5.99. The van der Waals surface area contributed by atoms with Crippen molar-refractivity contribution < 1.29 is 28.7 Å². The topological polar surface area (TPSA) is 128 Å². The number of carbonyl (C=O) groups is 4. The molecule has 31 heavy (non-hydrogen) atoms. The number of aryl methyl sites for hydroxylation is 1. The van der Waals surface area contributed by atoms with E-state index in [9.17, 15) is 19.2 Å². The first-order valence-corrected chi connectivity index (χ1v) is 10.5. The van der Waals surface area contributed by atoms with Crippen molar-refractivity contribution in [3.8, 4) is 0 Å². The highest BCUT2D eigenvalue weighted by atomic mass is 16.5. The number of likely N-dealkylation sites (tertiary alicyclic amines) is 1. The van der Waals surface area contributed by atoms with Crippen LogP contribution in [0.3, 0.4) is 0 Å². The van der Waals surface area contributed by atoms with Crippen molar-refractivity contribution >= 4 is 29.3 Å². The number of benzene rings is 1. The van der Waals surface area contributed by atoms with Crippen LogP contribution >= 0.6 is 0 Å². The van der Waals surface area contributed by atoms with Gasteiger partial charge in [0.25, 0.3) is 0 Å². The van der Waals surface area contributed by atoms with E-state index in [0.29, 0.717) is 57.7 Å². The number of anilines is 1. The van der Waals surface area contributed by atoms with Gasteiger partial charge in [-0.05, 0) is 30.5 Å². The second kappa shape index (κ2) is 12.8. The monoisotopic (exact) mass is 433 g/mol. The normalized spacial score (nSPS) is 14.1. The lowest BCUT2D eigenvalue weighted by Crippen LogP contribution is -2.47. The lowest BCUT2D eigenvalue weighted by molar-refractivity contribution is -0.152. The Kier molecular flexibility index (Phi) is 10.1. The van der Waals surface area contributed by atoms with Crippen molar-refractivity contribution in [2.45, 2.75) is 39.0 Å². The molecule has 0 radical (unpaired) electrons. The molecule has 0 aromatic heterocycles. The molecule has 1 heterocycles. The smallest absolute Gasteiger partial charge is 0.230 e. The standard InChI is InChI=1S/C22H31N3O6/c1-16(22(23)29)9-12-30-14-15-31-13-10-19(26)24-18-5-2-17(3-6-18)4-7-20(27)25-11-8-21(25)28/h2-3,5-6,16H,4,7-15H2,1H3,(H2,23,29)(H,24,26). The van der Waals surface area contributed by atoms with Crippen molar-refractivity contribution in [3.63, 3.8) is 0 Å². The summed E-state index contributed by atoms with van der Waals surface area (Å²) in [6.07, 6.45) is 2.09. The minimum Gasteiger partial charge on any atom is -0.379 e.